The van der Waals surface area contributed by atoms with Crippen LogP contribution in [-0.2, 0) is 14.8 Å². The van der Waals surface area contributed by atoms with E-state index in [9.17, 15) is 18.0 Å². The Morgan fingerprint density at radius 3 is 2.19 bits per heavy atom. The number of benzene rings is 2. The molecule has 174 valence electrons. The van der Waals surface area contributed by atoms with Crippen molar-refractivity contribution in [3.8, 4) is 5.75 Å². The summed E-state index contributed by atoms with van der Waals surface area (Å²) in [7, 11) is -2.19. The Morgan fingerprint density at radius 1 is 1.00 bits per heavy atom. The van der Waals surface area contributed by atoms with Crippen LogP contribution in [0, 0.1) is 26.7 Å². The summed E-state index contributed by atoms with van der Waals surface area (Å²) in [5.41, 5.74) is 3.14. The fourth-order valence-corrected chi connectivity index (χ4v) is 4.56. The summed E-state index contributed by atoms with van der Waals surface area (Å²) >= 11 is 0. The van der Waals surface area contributed by atoms with Crippen molar-refractivity contribution >= 4 is 27.5 Å². The molecule has 32 heavy (non-hydrogen) atoms. The molecule has 2 aromatic rings. The first-order chi connectivity index (χ1) is 15.0. The van der Waals surface area contributed by atoms with Gasteiger partial charge in [0, 0.05) is 30.3 Å². The Balaban J connectivity index is 1.94. The van der Waals surface area contributed by atoms with Gasteiger partial charge in [-0.1, -0.05) is 13.8 Å². The van der Waals surface area contributed by atoms with Crippen molar-refractivity contribution in [3.05, 3.63) is 52.6 Å². The van der Waals surface area contributed by atoms with Crippen LogP contribution in [0.3, 0.4) is 0 Å². The van der Waals surface area contributed by atoms with Gasteiger partial charge < -0.3 is 15.4 Å². The molecule has 0 heterocycles. The summed E-state index contributed by atoms with van der Waals surface area (Å²) < 4.78 is 33.4. The van der Waals surface area contributed by atoms with E-state index in [1.165, 1.54) is 0 Å². The Kier molecular flexibility index (Phi) is 8.40. The zero-order valence-electron chi connectivity index (χ0n) is 19.3. The van der Waals surface area contributed by atoms with Gasteiger partial charge in [-0.2, -0.15) is 0 Å². The molecular weight excluding hydrogens is 430 g/mol. The van der Waals surface area contributed by atoms with Gasteiger partial charge in [0.15, 0.2) is 0 Å². The highest BCUT2D eigenvalue weighted by molar-refractivity contribution is 7.89. The van der Waals surface area contributed by atoms with Crippen molar-refractivity contribution in [3.63, 3.8) is 0 Å². The van der Waals surface area contributed by atoms with Gasteiger partial charge >= 0.3 is 0 Å². The zero-order valence-corrected chi connectivity index (χ0v) is 20.1. The number of sulfonamides is 1. The molecule has 8 nitrogen and oxygen atoms in total. The van der Waals surface area contributed by atoms with Crippen LogP contribution in [0.2, 0.25) is 0 Å². The second-order valence-electron chi connectivity index (χ2n) is 7.85. The maximum absolute atomic E-state index is 12.7. The molecule has 0 bridgehead atoms. The molecule has 3 N–H and O–H groups in total. The van der Waals surface area contributed by atoms with E-state index in [4.69, 9.17) is 4.74 Å². The van der Waals surface area contributed by atoms with E-state index >= 15 is 0 Å². The summed E-state index contributed by atoms with van der Waals surface area (Å²) in [6.07, 6.45) is 0. The van der Waals surface area contributed by atoms with Crippen molar-refractivity contribution in [1.82, 2.24) is 10.0 Å². The molecule has 2 aromatic carbocycles. The number of aryl methyl sites for hydroxylation is 1. The Hall–Kier alpha value is -2.91. The zero-order chi connectivity index (χ0) is 24.1. The minimum Gasteiger partial charge on any atom is -0.496 e. The average molecular weight is 462 g/mol. The lowest BCUT2D eigenvalue weighted by molar-refractivity contribution is -0.118. The molecule has 0 saturated carbocycles. The van der Waals surface area contributed by atoms with Crippen LogP contribution in [0.1, 0.15) is 40.9 Å². The van der Waals surface area contributed by atoms with E-state index in [0.717, 1.165) is 11.1 Å². The summed E-state index contributed by atoms with van der Waals surface area (Å²) in [5, 5.41) is 5.44. The first-order valence-electron chi connectivity index (χ1n) is 10.3. The Labute approximate surface area is 189 Å². The predicted octanol–water partition coefficient (Wildman–Crippen LogP) is 2.92. The molecule has 0 aromatic heterocycles. The topological polar surface area (TPSA) is 114 Å². The number of nitrogens with one attached hydrogen (secondary N) is 3. The number of anilines is 1. The highest BCUT2D eigenvalue weighted by atomic mass is 32.2. The first-order valence-corrected chi connectivity index (χ1v) is 11.8. The van der Waals surface area contributed by atoms with E-state index < -0.39 is 10.0 Å². The highest BCUT2D eigenvalue weighted by Gasteiger charge is 2.21. The summed E-state index contributed by atoms with van der Waals surface area (Å²) in [6, 6.07) is 8.08. The molecule has 2 amide bonds. The number of hydrogen-bond acceptors (Lipinski definition) is 5. The Bertz CT molecular complexity index is 1090. The second kappa shape index (κ2) is 10.6. The third-order valence-corrected chi connectivity index (χ3v) is 6.70. The number of carbonyl (C=O) groups is 2. The van der Waals surface area contributed by atoms with Crippen molar-refractivity contribution in [2.45, 2.75) is 39.5 Å². The number of ether oxygens (including phenoxy) is 1. The average Bonchev–Trinajstić information content (AvgIpc) is 2.74. The molecule has 0 aliphatic heterocycles. The first kappa shape index (κ1) is 25.4. The normalized spacial score (nSPS) is 11.3. The molecule has 2 rings (SSSR count). The van der Waals surface area contributed by atoms with Crippen LogP contribution in [0.5, 0.6) is 5.75 Å². The largest absolute Gasteiger partial charge is 0.496 e. The maximum Gasteiger partial charge on any atom is 0.251 e. The van der Waals surface area contributed by atoms with Crippen LogP contribution in [0.15, 0.2) is 35.2 Å². The monoisotopic (exact) mass is 461 g/mol. The van der Waals surface area contributed by atoms with E-state index in [2.05, 4.69) is 15.4 Å². The molecule has 0 fully saturated rings. The van der Waals surface area contributed by atoms with Crippen LogP contribution in [0.25, 0.3) is 0 Å². The number of rotatable bonds is 9. The van der Waals surface area contributed by atoms with Crippen molar-refractivity contribution in [2.24, 2.45) is 5.92 Å². The van der Waals surface area contributed by atoms with Gasteiger partial charge in [-0.05, 0) is 67.8 Å². The second-order valence-corrected chi connectivity index (χ2v) is 9.59. The minimum atomic E-state index is -3.74. The Morgan fingerprint density at radius 2 is 1.62 bits per heavy atom. The standard InChI is InChI=1S/C23H31N3O5S/c1-14(2)22(27)26-19-9-7-18(8-10-19)23(28)24-11-12-25-32(29,30)20-13-15(3)21(31-6)17(5)16(20)4/h7-10,13-14,25H,11-12H2,1-6H3,(H,24,28)(H,26,27). The van der Waals surface area contributed by atoms with Gasteiger partial charge in [0.1, 0.15) is 5.75 Å². The third kappa shape index (κ3) is 6.08. The lowest BCUT2D eigenvalue weighted by atomic mass is 10.1. The molecule has 0 spiro atoms. The fraction of sp³-hybridized carbons (Fsp3) is 0.391. The molecule has 9 heteroatoms. The fourth-order valence-electron chi connectivity index (χ4n) is 3.15. The summed E-state index contributed by atoms with van der Waals surface area (Å²) in [4.78, 5) is 24.2. The predicted molar refractivity (Wildman–Crippen MR) is 125 cm³/mol. The molecular formula is C23H31N3O5S. The highest BCUT2D eigenvalue weighted by Crippen LogP contribution is 2.30. The van der Waals surface area contributed by atoms with Gasteiger partial charge in [0.05, 0.1) is 12.0 Å². The number of methoxy groups -OCH3 is 1. The van der Waals surface area contributed by atoms with E-state index in [1.807, 2.05) is 6.92 Å². The number of amides is 2. The van der Waals surface area contributed by atoms with E-state index in [-0.39, 0.29) is 35.7 Å². The molecule has 0 saturated heterocycles. The van der Waals surface area contributed by atoms with Gasteiger partial charge in [-0.15, -0.1) is 0 Å². The SMILES string of the molecule is COc1c(C)cc(S(=O)(=O)NCCNC(=O)c2ccc(NC(=O)C(C)C)cc2)c(C)c1C. The van der Waals surface area contributed by atoms with Crippen LogP contribution in [0.4, 0.5) is 5.69 Å². The quantitative estimate of drug-likeness (QED) is 0.497. The molecule has 0 atom stereocenters. The van der Waals surface area contributed by atoms with Gasteiger partial charge in [0.2, 0.25) is 15.9 Å². The maximum atomic E-state index is 12.7. The van der Waals surface area contributed by atoms with Crippen LogP contribution >= 0.6 is 0 Å². The van der Waals surface area contributed by atoms with Gasteiger partial charge in [-0.25, -0.2) is 13.1 Å². The summed E-state index contributed by atoms with van der Waals surface area (Å²) in [6.45, 7) is 9.11. The molecule has 0 unspecified atom stereocenters. The van der Waals surface area contributed by atoms with Gasteiger partial charge in [0.25, 0.3) is 5.91 Å². The van der Waals surface area contributed by atoms with Crippen molar-refractivity contribution in [1.29, 1.82) is 0 Å². The van der Waals surface area contributed by atoms with Crippen LogP contribution in [-0.4, -0.2) is 40.4 Å². The van der Waals surface area contributed by atoms with E-state index in [0.29, 0.717) is 22.6 Å². The van der Waals surface area contributed by atoms with Crippen molar-refractivity contribution in [2.75, 3.05) is 25.5 Å². The smallest absolute Gasteiger partial charge is 0.251 e. The van der Waals surface area contributed by atoms with Crippen LogP contribution < -0.4 is 20.1 Å². The molecule has 0 radical (unpaired) electrons. The molecule has 0 aliphatic carbocycles. The minimum absolute atomic E-state index is 0.0418. The summed E-state index contributed by atoms with van der Waals surface area (Å²) in [5.74, 6) is 0.0880. The lowest BCUT2D eigenvalue weighted by Gasteiger charge is -2.16. The van der Waals surface area contributed by atoms with E-state index in [1.54, 1.807) is 65.1 Å². The van der Waals surface area contributed by atoms with Gasteiger partial charge in [-0.3, -0.25) is 9.59 Å². The van der Waals surface area contributed by atoms with Crippen molar-refractivity contribution < 1.29 is 22.7 Å². The third-order valence-electron chi connectivity index (χ3n) is 5.11. The number of hydrogen-bond donors (Lipinski definition) is 3. The lowest BCUT2D eigenvalue weighted by Crippen LogP contribution is -2.35. The molecule has 0 aliphatic rings. The number of carbonyl (C=O) groups excluding carboxylic acids is 2.